The van der Waals surface area contributed by atoms with Crippen LogP contribution < -0.4 is 16.0 Å². The van der Waals surface area contributed by atoms with E-state index in [0.29, 0.717) is 19.0 Å². The highest BCUT2D eigenvalue weighted by Crippen LogP contribution is 2.25. The predicted molar refractivity (Wildman–Crippen MR) is 78.2 cm³/mol. The molecular weight excluding hydrogens is 238 g/mol. The molecular formula is C15H23N3O. The Labute approximate surface area is 115 Å². The first-order valence-corrected chi connectivity index (χ1v) is 6.96. The molecule has 1 aromatic carbocycles. The molecule has 1 amide bonds. The molecule has 0 aromatic heterocycles. The van der Waals surface area contributed by atoms with Crippen molar-refractivity contribution < 1.29 is 4.79 Å². The Kier molecular flexibility index (Phi) is 4.43. The summed E-state index contributed by atoms with van der Waals surface area (Å²) >= 11 is 0. The largest absolute Gasteiger partial charge is 0.357 e. The number of hydrogen-bond acceptors (Lipinski definition) is 3. The minimum Gasteiger partial charge on any atom is -0.357 e. The molecule has 3 N–H and O–H groups in total. The molecule has 0 aliphatic carbocycles. The first-order valence-electron chi connectivity index (χ1n) is 6.96. The Morgan fingerprint density at radius 2 is 2.05 bits per heavy atom. The van der Waals surface area contributed by atoms with Crippen LogP contribution in [0.15, 0.2) is 24.3 Å². The maximum Gasteiger partial charge on any atom is 0.242 e. The van der Waals surface area contributed by atoms with E-state index in [1.165, 1.54) is 5.56 Å². The summed E-state index contributed by atoms with van der Waals surface area (Å²) in [6.07, 6.45) is 1.64. The first-order chi connectivity index (χ1) is 9.13. The zero-order chi connectivity index (χ0) is 13.8. The molecule has 1 aliphatic rings. The topological polar surface area (TPSA) is 58.4 Å². The maximum atomic E-state index is 12.2. The van der Waals surface area contributed by atoms with Crippen molar-refractivity contribution in [2.45, 2.75) is 38.8 Å². The molecule has 1 saturated heterocycles. The number of carbonyl (C=O) groups excluding carboxylic acids is 1. The van der Waals surface area contributed by atoms with Crippen molar-refractivity contribution >= 4 is 11.6 Å². The lowest BCUT2D eigenvalue weighted by Crippen LogP contribution is -2.48. The van der Waals surface area contributed by atoms with E-state index >= 15 is 0 Å². The first kappa shape index (κ1) is 13.9. The molecule has 2 rings (SSSR count). The van der Waals surface area contributed by atoms with E-state index in [1.54, 1.807) is 0 Å². The summed E-state index contributed by atoms with van der Waals surface area (Å²) in [4.78, 5) is 14.4. The molecule has 1 aromatic rings. The van der Waals surface area contributed by atoms with Crippen LogP contribution in [0.3, 0.4) is 0 Å². The third-order valence-electron chi connectivity index (χ3n) is 3.75. The highest BCUT2D eigenvalue weighted by atomic mass is 16.2. The molecule has 4 nitrogen and oxygen atoms in total. The molecule has 1 fully saturated rings. The van der Waals surface area contributed by atoms with Gasteiger partial charge in [-0.3, -0.25) is 4.79 Å². The van der Waals surface area contributed by atoms with Crippen LogP contribution in [0.4, 0.5) is 5.69 Å². The summed E-state index contributed by atoms with van der Waals surface area (Å²) in [6.45, 7) is 5.50. The van der Waals surface area contributed by atoms with E-state index < -0.39 is 0 Å². The minimum absolute atomic E-state index is 0.0929. The molecule has 2 atom stereocenters. The van der Waals surface area contributed by atoms with Gasteiger partial charge < -0.3 is 16.0 Å². The van der Waals surface area contributed by atoms with Crippen molar-refractivity contribution in [3.8, 4) is 0 Å². The van der Waals surface area contributed by atoms with Gasteiger partial charge in [0.15, 0.2) is 0 Å². The number of rotatable bonds is 3. The molecule has 0 saturated carbocycles. The molecule has 4 heteroatoms. The van der Waals surface area contributed by atoms with E-state index in [-0.39, 0.29) is 11.9 Å². The summed E-state index contributed by atoms with van der Waals surface area (Å²) in [5.74, 6) is 0.0929. The van der Waals surface area contributed by atoms with Gasteiger partial charge in [0.05, 0.1) is 0 Å². The van der Waals surface area contributed by atoms with Gasteiger partial charge in [-0.15, -0.1) is 0 Å². The number of anilines is 1. The normalized spacial score (nSPS) is 23.9. The quantitative estimate of drug-likeness (QED) is 0.865. The van der Waals surface area contributed by atoms with Crippen LogP contribution in [0.25, 0.3) is 0 Å². The van der Waals surface area contributed by atoms with E-state index in [4.69, 9.17) is 5.73 Å². The van der Waals surface area contributed by atoms with E-state index in [2.05, 4.69) is 48.3 Å². The van der Waals surface area contributed by atoms with Crippen LogP contribution in [0, 0.1) is 6.92 Å². The highest BCUT2D eigenvalue weighted by molar-refractivity contribution is 5.86. The van der Waals surface area contributed by atoms with Crippen molar-refractivity contribution in [3.05, 3.63) is 29.8 Å². The van der Waals surface area contributed by atoms with E-state index in [1.807, 2.05) is 0 Å². The molecule has 0 bridgehead atoms. The number of benzene rings is 1. The Bertz CT molecular complexity index is 430. The summed E-state index contributed by atoms with van der Waals surface area (Å²) in [6, 6.07) is 8.53. The lowest BCUT2D eigenvalue weighted by Gasteiger charge is -2.35. The van der Waals surface area contributed by atoms with Crippen LogP contribution in [0.2, 0.25) is 0 Å². The van der Waals surface area contributed by atoms with Crippen LogP contribution in [0.5, 0.6) is 0 Å². The number of nitrogens with zero attached hydrogens (tertiary/aromatic N) is 1. The van der Waals surface area contributed by atoms with Gasteiger partial charge in [-0.05, 0) is 45.4 Å². The second kappa shape index (κ2) is 6.06. The van der Waals surface area contributed by atoms with Crippen molar-refractivity contribution in [1.82, 2.24) is 5.32 Å². The fraction of sp³-hybridized carbons (Fsp3) is 0.533. The molecule has 0 radical (unpaired) electrons. The standard InChI is InChI=1S/C15H23N3O/c1-11-3-5-13(6-4-11)18-12(2)8-10-17-15(19)14(18)7-9-16/h3-6,12,14H,7-10,16H2,1-2H3,(H,17,19). The molecule has 1 aliphatic heterocycles. The number of amides is 1. The average Bonchev–Trinajstić information content (AvgIpc) is 2.52. The second-order valence-electron chi connectivity index (χ2n) is 5.26. The monoisotopic (exact) mass is 261 g/mol. The molecule has 1 heterocycles. The van der Waals surface area contributed by atoms with Crippen LogP contribution in [-0.4, -0.2) is 31.1 Å². The van der Waals surface area contributed by atoms with Gasteiger partial charge in [-0.25, -0.2) is 0 Å². The van der Waals surface area contributed by atoms with Crippen LogP contribution in [-0.2, 0) is 4.79 Å². The van der Waals surface area contributed by atoms with Gasteiger partial charge in [0.1, 0.15) is 6.04 Å². The summed E-state index contributed by atoms with van der Waals surface area (Å²) in [5.41, 5.74) is 8.01. The zero-order valence-electron chi connectivity index (χ0n) is 11.7. The van der Waals surface area contributed by atoms with Crippen molar-refractivity contribution in [3.63, 3.8) is 0 Å². The summed E-state index contributed by atoms with van der Waals surface area (Å²) in [5, 5.41) is 2.98. The molecule has 0 spiro atoms. The van der Waals surface area contributed by atoms with Crippen molar-refractivity contribution in [2.75, 3.05) is 18.0 Å². The Morgan fingerprint density at radius 1 is 1.37 bits per heavy atom. The number of aryl methyl sites for hydroxylation is 1. The van der Waals surface area contributed by atoms with Gasteiger partial charge in [-0.1, -0.05) is 17.7 Å². The Hall–Kier alpha value is -1.55. The van der Waals surface area contributed by atoms with Crippen molar-refractivity contribution in [2.24, 2.45) is 5.73 Å². The third-order valence-corrected chi connectivity index (χ3v) is 3.75. The van der Waals surface area contributed by atoms with Crippen LogP contribution >= 0.6 is 0 Å². The molecule has 104 valence electrons. The molecule has 19 heavy (non-hydrogen) atoms. The predicted octanol–water partition coefficient (Wildman–Crippen LogP) is 1.43. The fourth-order valence-corrected chi connectivity index (χ4v) is 2.67. The minimum atomic E-state index is -0.162. The highest BCUT2D eigenvalue weighted by Gasteiger charge is 2.31. The Balaban J connectivity index is 2.34. The van der Waals surface area contributed by atoms with E-state index in [0.717, 1.165) is 18.7 Å². The SMILES string of the molecule is Cc1ccc(N2C(C)CCNC(=O)C2CCN)cc1. The Morgan fingerprint density at radius 3 is 2.68 bits per heavy atom. The summed E-state index contributed by atoms with van der Waals surface area (Å²) < 4.78 is 0. The lowest BCUT2D eigenvalue weighted by atomic mass is 10.1. The zero-order valence-corrected chi connectivity index (χ0v) is 11.7. The van der Waals surface area contributed by atoms with Gasteiger partial charge in [-0.2, -0.15) is 0 Å². The van der Waals surface area contributed by atoms with Gasteiger partial charge in [0.2, 0.25) is 5.91 Å². The number of nitrogens with two attached hydrogens (primary N) is 1. The van der Waals surface area contributed by atoms with E-state index in [9.17, 15) is 4.79 Å². The van der Waals surface area contributed by atoms with Crippen LogP contribution in [0.1, 0.15) is 25.3 Å². The number of hydrogen-bond donors (Lipinski definition) is 2. The number of carbonyl (C=O) groups is 1. The molecule has 2 unspecified atom stereocenters. The van der Waals surface area contributed by atoms with Gasteiger partial charge in [0.25, 0.3) is 0 Å². The smallest absolute Gasteiger partial charge is 0.242 e. The average molecular weight is 261 g/mol. The second-order valence-corrected chi connectivity index (χ2v) is 5.26. The maximum absolute atomic E-state index is 12.2. The van der Waals surface area contributed by atoms with Gasteiger partial charge >= 0.3 is 0 Å². The van der Waals surface area contributed by atoms with Gasteiger partial charge in [0, 0.05) is 18.3 Å². The third kappa shape index (κ3) is 3.07. The lowest BCUT2D eigenvalue weighted by molar-refractivity contribution is -0.122. The summed E-state index contributed by atoms with van der Waals surface area (Å²) in [7, 11) is 0. The fourth-order valence-electron chi connectivity index (χ4n) is 2.67. The van der Waals surface area contributed by atoms with Crippen molar-refractivity contribution in [1.29, 1.82) is 0 Å². The number of nitrogens with one attached hydrogen (secondary N) is 1.